The molecule has 0 saturated heterocycles. The normalized spacial score (nSPS) is 10.5. The van der Waals surface area contributed by atoms with Gasteiger partial charge in [0.15, 0.2) is 5.89 Å². The predicted molar refractivity (Wildman–Crippen MR) is 73.0 cm³/mol. The molecule has 1 N–H and O–H groups in total. The number of aryl methyl sites for hydroxylation is 2. The third kappa shape index (κ3) is 3.85. The van der Waals surface area contributed by atoms with E-state index in [0.717, 1.165) is 5.75 Å². The Labute approximate surface area is 117 Å². The maximum absolute atomic E-state index is 10.7. The van der Waals surface area contributed by atoms with Crippen LogP contribution in [0, 0.1) is 13.8 Å². The van der Waals surface area contributed by atoms with E-state index in [0.29, 0.717) is 30.4 Å². The lowest BCUT2D eigenvalue weighted by atomic mass is 10.2. The summed E-state index contributed by atoms with van der Waals surface area (Å²) in [4.78, 5) is 14.8. The SMILES string of the molecule is Cc1ccc(OCCc2nc(CC(=O)O)c(C)o2)cc1. The molecule has 0 bridgehead atoms. The number of ether oxygens (including phenoxy) is 1. The average molecular weight is 275 g/mol. The fraction of sp³-hybridized carbons (Fsp3) is 0.333. The number of aliphatic carboxylic acids is 1. The molecule has 0 atom stereocenters. The first kappa shape index (κ1) is 14.1. The van der Waals surface area contributed by atoms with Gasteiger partial charge in [-0.3, -0.25) is 4.79 Å². The molecule has 2 rings (SSSR count). The molecule has 0 saturated carbocycles. The van der Waals surface area contributed by atoms with E-state index >= 15 is 0 Å². The maximum Gasteiger partial charge on any atom is 0.309 e. The van der Waals surface area contributed by atoms with Crippen LogP contribution in [0.3, 0.4) is 0 Å². The molecule has 20 heavy (non-hydrogen) atoms. The van der Waals surface area contributed by atoms with Gasteiger partial charge in [-0.2, -0.15) is 0 Å². The quantitative estimate of drug-likeness (QED) is 0.877. The Hall–Kier alpha value is -2.30. The largest absolute Gasteiger partial charge is 0.493 e. The molecule has 1 aromatic carbocycles. The zero-order valence-corrected chi connectivity index (χ0v) is 11.5. The highest BCUT2D eigenvalue weighted by atomic mass is 16.5. The molecule has 0 amide bonds. The molecular formula is C15H17NO4. The first-order valence-corrected chi connectivity index (χ1v) is 6.41. The topological polar surface area (TPSA) is 72.6 Å². The number of carboxylic acids is 1. The summed E-state index contributed by atoms with van der Waals surface area (Å²) in [5, 5.41) is 8.74. The molecule has 0 radical (unpaired) electrons. The summed E-state index contributed by atoms with van der Waals surface area (Å²) >= 11 is 0. The number of hydrogen-bond donors (Lipinski definition) is 1. The van der Waals surface area contributed by atoms with Crippen molar-refractivity contribution in [3.63, 3.8) is 0 Å². The standard InChI is InChI=1S/C15H17NO4/c1-10-3-5-12(6-4-10)19-8-7-14-16-13(9-15(17)18)11(2)20-14/h3-6H,7-9H2,1-2H3,(H,17,18). The number of carboxylic acid groups (broad SMARTS) is 1. The first-order chi connectivity index (χ1) is 9.54. The van der Waals surface area contributed by atoms with Crippen LogP contribution >= 0.6 is 0 Å². The van der Waals surface area contributed by atoms with E-state index in [1.54, 1.807) is 6.92 Å². The molecule has 0 aliphatic rings. The van der Waals surface area contributed by atoms with Crippen LogP contribution in [0.4, 0.5) is 0 Å². The minimum Gasteiger partial charge on any atom is -0.493 e. The summed E-state index contributed by atoms with van der Waals surface area (Å²) in [6, 6.07) is 7.78. The Morgan fingerprint density at radius 3 is 2.65 bits per heavy atom. The second kappa shape index (κ2) is 6.23. The zero-order chi connectivity index (χ0) is 14.5. The van der Waals surface area contributed by atoms with E-state index in [9.17, 15) is 4.79 Å². The smallest absolute Gasteiger partial charge is 0.309 e. The van der Waals surface area contributed by atoms with Gasteiger partial charge >= 0.3 is 5.97 Å². The maximum atomic E-state index is 10.7. The number of hydrogen-bond acceptors (Lipinski definition) is 4. The van der Waals surface area contributed by atoms with Gasteiger partial charge in [-0.1, -0.05) is 17.7 Å². The van der Waals surface area contributed by atoms with E-state index in [2.05, 4.69) is 4.98 Å². The van der Waals surface area contributed by atoms with Crippen LogP contribution in [0.15, 0.2) is 28.7 Å². The van der Waals surface area contributed by atoms with Gasteiger partial charge in [-0.25, -0.2) is 4.98 Å². The molecular weight excluding hydrogens is 258 g/mol. The van der Waals surface area contributed by atoms with Crippen molar-refractivity contribution in [2.45, 2.75) is 26.7 Å². The third-order valence-corrected chi connectivity index (χ3v) is 2.86. The van der Waals surface area contributed by atoms with Crippen LogP contribution in [0.2, 0.25) is 0 Å². The summed E-state index contributed by atoms with van der Waals surface area (Å²) in [5.74, 6) is 0.942. The van der Waals surface area contributed by atoms with Crippen molar-refractivity contribution >= 4 is 5.97 Å². The summed E-state index contributed by atoms with van der Waals surface area (Å²) in [7, 11) is 0. The Balaban J connectivity index is 1.88. The number of nitrogens with zero attached hydrogens (tertiary/aromatic N) is 1. The van der Waals surface area contributed by atoms with E-state index in [1.807, 2.05) is 31.2 Å². The van der Waals surface area contributed by atoms with Gasteiger partial charge < -0.3 is 14.3 Å². The van der Waals surface area contributed by atoms with Crippen molar-refractivity contribution in [1.82, 2.24) is 4.98 Å². The minimum atomic E-state index is -0.913. The monoisotopic (exact) mass is 275 g/mol. The molecule has 2 aromatic rings. The fourth-order valence-corrected chi connectivity index (χ4v) is 1.79. The molecule has 0 aliphatic carbocycles. The van der Waals surface area contributed by atoms with Crippen LogP contribution in [0.25, 0.3) is 0 Å². The van der Waals surface area contributed by atoms with Gasteiger partial charge in [0.2, 0.25) is 0 Å². The predicted octanol–water partition coefficient (Wildman–Crippen LogP) is 2.54. The molecule has 0 unspecified atom stereocenters. The van der Waals surface area contributed by atoms with Crippen LogP contribution in [-0.4, -0.2) is 22.7 Å². The highest BCUT2D eigenvalue weighted by Gasteiger charge is 2.12. The van der Waals surface area contributed by atoms with Gasteiger partial charge in [0.05, 0.1) is 25.1 Å². The first-order valence-electron chi connectivity index (χ1n) is 6.41. The Morgan fingerprint density at radius 1 is 1.30 bits per heavy atom. The molecule has 1 heterocycles. The van der Waals surface area contributed by atoms with Crippen LogP contribution < -0.4 is 4.74 Å². The number of benzene rings is 1. The zero-order valence-electron chi connectivity index (χ0n) is 11.5. The number of aromatic nitrogens is 1. The van der Waals surface area contributed by atoms with Gasteiger partial charge in [0.1, 0.15) is 11.5 Å². The number of carbonyl (C=O) groups is 1. The molecule has 0 spiro atoms. The van der Waals surface area contributed by atoms with E-state index in [4.69, 9.17) is 14.3 Å². The van der Waals surface area contributed by atoms with Gasteiger partial charge in [0, 0.05) is 0 Å². The molecule has 0 aliphatic heterocycles. The lowest BCUT2D eigenvalue weighted by Gasteiger charge is -2.04. The van der Waals surface area contributed by atoms with E-state index < -0.39 is 5.97 Å². The Kier molecular flexibility index (Phi) is 4.40. The molecule has 5 heteroatoms. The summed E-state index contributed by atoms with van der Waals surface area (Å²) in [6.07, 6.45) is 0.391. The second-order valence-corrected chi connectivity index (χ2v) is 4.59. The highest BCUT2D eigenvalue weighted by molar-refractivity contribution is 5.69. The van der Waals surface area contributed by atoms with Gasteiger partial charge in [0.25, 0.3) is 0 Å². The fourth-order valence-electron chi connectivity index (χ4n) is 1.79. The van der Waals surface area contributed by atoms with Crippen molar-refractivity contribution in [3.8, 4) is 5.75 Å². The van der Waals surface area contributed by atoms with Crippen molar-refractivity contribution in [1.29, 1.82) is 0 Å². The third-order valence-electron chi connectivity index (χ3n) is 2.86. The average Bonchev–Trinajstić information content (AvgIpc) is 2.72. The molecule has 0 fully saturated rings. The van der Waals surface area contributed by atoms with Crippen LogP contribution in [0.1, 0.15) is 22.9 Å². The van der Waals surface area contributed by atoms with E-state index in [-0.39, 0.29) is 6.42 Å². The minimum absolute atomic E-state index is 0.117. The van der Waals surface area contributed by atoms with Crippen LogP contribution in [0.5, 0.6) is 5.75 Å². The van der Waals surface area contributed by atoms with Gasteiger partial charge in [-0.15, -0.1) is 0 Å². The van der Waals surface area contributed by atoms with E-state index in [1.165, 1.54) is 5.56 Å². The number of rotatable bonds is 6. The van der Waals surface area contributed by atoms with Crippen molar-refractivity contribution in [3.05, 3.63) is 47.2 Å². The van der Waals surface area contributed by atoms with Crippen LogP contribution in [-0.2, 0) is 17.6 Å². The Bertz CT molecular complexity index is 586. The summed E-state index contributed by atoms with van der Waals surface area (Å²) < 4.78 is 11.0. The molecule has 5 nitrogen and oxygen atoms in total. The van der Waals surface area contributed by atoms with Crippen molar-refractivity contribution < 1.29 is 19.1 Å². The van der Waals surface area contributed by atoms with Gasteiger partial charge in [-0.05, 0) is 26.0 Å². The second-order valence-electron chi connectivity index (χ2n) is 4.59. The number of oxazole rings is 1. The Morgan fingerprint density at radius 2 is 2.00 bits per heavy atom. The molecule has 106 valence electrons. The lowest BCUT2D eigenvalue weighted by Crippen LogP contribution is -2.03. The lowest BCUT2D eigenvalue weighted by molar-refractivity contribution is -0.136. The van der Waals surface area contributed by atoms with Crippen molar-refractivity contribution in [2.75, 3.05) is 6.61 Å². The highest BCUT2D eigenvalue weighted by Crippen LogP contribution is 2.14. The summed E-state index contributed by atoms with van der Waals surface area (Å²) in [5.41, 5.74) is 1.65. The molecule has 1 aromatic heterocycles. The summed E-state index contributed by atoms with van der Waals surface area (Å²) in [6.45, 7) is 4.18. The van der Waals surface area contributed by atoms with Crippen molar-refractivity contribution in [2.24, 2.45) is 0 Å².